The Bertz CT molecular complexity index is 413. The molecule has 0 rings (SSSR count). The van der Waals surface area contributed by atoms with Crippen LogP contribution in [0.5, 0.6) is 0 Å². The van der Waals surface area contributed by atoms with E-state index in [-0.39, 0.29) is 0 Å². The molecule has 0 saturated carbocycles. The molecule has 1 N–H and O–H groups in total. The van der Waals surface area contributed by atoms with Crippen molar-refractivity contribution in [1.82, 2.24) is 0 Å². The van der Waals surface area contributed by atoms with Crippen LogP contribution in [0.2, 0.25) is 0 Å². The molecule has 0 aliphatic heterocycles. The van der Waals surface area contributed by atoms with Gasteiger partial charge in [-0.3, -0.25) is 0 Å². The van der Waals surface area contributed by atoms with Crippen molar-refractivity contribution in [2.45, 2.75) is 125 Å². The summed E-state index contributed by atoms with van der Waals surface area (Å²) in [7, 11) is -4.04. The van der Waals surface area contributed by atoms with Crippen LogP contribution in [0.1, 0.15) is 125 Å². The van der Waals surface area contributed by atoms with E-state index in [0.29, 0.717) is 6.61 Å². The first-order chi connectivity index (χ1) is 14.3. The average molecular weight is 469 g/mol. The van der Waals surface area contributed by atoms with Crippen molar-refractivity contribution in [2.75, 3.05) is 31.3 Å². The van der Waals surface area contributed by atoms with E-state index >= 15 is 0 Å². The van der Waals surface area contributed by atoms with Gasteiger partial charge in [0.2, 0.25) is 0 Å². The Morgan fingerprint density at radius 1 is 0.600 bits per heavy atom. The van der Waals surface area contributed by atoms with Gasteiger partial charge in [-0.2, -0.15) is 0 Å². The van der Waals surface area contributed by atoms with Crippen LogP contribution in [0, 0.1) is 0 Å². The minimum atomic E-state index is -4.04. The molecule has 0 aromatic rings. The number of hydrogen-bond donors (Lipinski definition) is 1. The van der Waals surface area contributed by atoms with E-state index in [1.807, 2.05) is 0 Å². The number of unbranched alkanes of at least 4 members (excludes halogenated alkanes) is 9. The molecule has 0 bridgehead atoms. The maximum absolute atomic E-state index is 13.2. The van der Waals surface area contributed by atoms with Crippen molar-refractivity contribution in [2.24, 2.45) is 0 Å². The van der Waals surface area contributed by atoms with Gasteiger partial charge in [-0.15, -0.1) is 0 Å². The summed E-state index contributed by atoms with van der Waals surface area (Å²) in [6.45, 7) is 8.58. The summed E-state index contributed by atoms with van der Waals surface area (Å²) in [6.07, 6.45) is 19.4. The van der Waals surface area contributed by atoms with Crippen molar-refractivity contribution < 1.29 is 18.3 Å². The monoisotopic (exact) mass is 468 g/mol. The predicted octanol–water partition coefficient (Wildman–Crippen LogP) is 9.15. The summed E-state index contributed by atoms with van der Waals surface area (Å²) in [6, 6.07) is 0. The van der Waals surface area contributed by atoms with Crippen molar-refractivity contribution in [3.05, 3.63) is 0 Å². The molecule has 0 aliphatic rings. The van der Waals surface area contributed by atoms with Crippen LogP contribution in [0.3, 0.4) is 0 Å². The molecule has 6 heteroatoms. The topological polar surface area (TPSA) is 55.8 Å². The van der Waals surface area contributed by atoms with Gasteiger partial charge in [-0.1, -0.05) is 0 Å². The zero-order chi connectivity index (χ0) is 22.8. The number of phosphoric ester groups is 1. The van der Waals surface area contributed by atoms with Crippen LogP contribution < -0.4 is 0 Å². The summed E-state index contributed by atoms with van der Waals surface area (Å²) < 4.78 is 25.2. The first-order valence-electron chi connectivity index (χ1n) is 13.0. The third-order valence-electron chi connectivity index (χ3n) is 6.40. The van der Waals surface area contributed by atoms with Gasteiger partial charge in [0.15, 0.2) is 0 Å². The molecule has 1 unspecified atom stereocenters. The standard InChI is InChI=1S/C24H54O4P2/c1-6-11-16-17-18-19-20-27-29(25,26)28-30(21-12-7-2,22-13-8-3,23-14-9-4)24-15-10-5/h6-24H2,1-5H3,(H,25,26). The molecule has 0 aromatic carbocycles. The van der Waals surface area contributed by atoms with E-state index in [1.165, 1.54) is 25.7 Å². The van der Waals surface area contributed by atoms with Crippen molar-refractivity contribution in [3.63, 3.8) is 0 Å². The number of rotatable bonds is 22. The molecule has 184 valence electrons. The van der Waals surface area contributed by atoms with Gasteiger partial charge in [-0.05, 0) is 0 Å². The molecule has 4 nitrogen and oxygen atoms in total. The molecule has 1 atom stereocenters. The fourth-order valence-corrected chi connectivity index (χ4v) is 14.4. The van der Waals surface area contributed by atoms with Crippen LogP contribution >= 0.6 is 14.7 Å². The Morgan fingerprint density at radius 3 is 1.37 bits per heavy atom. The zero-order valence-corrected chi connectivity index (χ0v) is 22.8. The van der Waals surface area contributed by atoms with Crippen LogP contribution in [-0.2, 0) is 13.4 Å². The molecule has 0 spiro atoms. The van der Waals surface area contributed by atoms with E-state index in [1.54, 1.807) is 0 Å². The van der Waals surface area contributed by atoms with E-state index in [9.17, 15) is 9.46 Å². The van der Waals surface area contributed by atoms with E-state index in [0.717, 1.165) is 88.9 Å². The molecule has 0 radical (unpaired) electrons. The first kappa shape index (κ1) is 30.5. The molecular formula is C24H54O4P2. The van der Waals surface area contributed by atoms with Gasteiger partial charge in [0.25, 0.3) is 0 Å². The van der Waals surface area contributed by atoms with Crippen LogP contribution in [-0.4, -0.2) is 36.1 Å². The summed E-state index contributed by atoms with van der Waals surface area (Å²) in [5.74, 6) is 0. The second-order valence-corrected chi connectivity index (χ2v) is 16.7. The Balaban J connectivity index is 5.38. The van der Waals surface area contributed by atoms with Gasteiger partial charge in [-0.25, -0.2) is 0 Å². The first-order valence-corrected chi connectivity index (χ1v) is 17.4. The van der Waals surface area contributed by atoms with Gasteiger partial charge in [0.05, 0.1) is 0 Å². The maximum atomic E-state index is 13.2. The summed E-state index contributed by atoms with van der Waals surface area (Å²) in [5.41, 5.74) is 0. The molecule has 0 aromatic heterocycles. The van der Waals surface area contributed by atoms with Crippen LogP contribution in [0.4, 0.5) is 0 Å². The van der Waals surface area contributed by atoms with Crippen molar-refractivity contribution in [3.8, 4) is 0 Å². The van der Waals surface area contributed by atoms with Crippen molar-refractivity contribution in [1.29, 1.82) is 0 Å². The quantitative estimate of drug-likeness (QED) is 0.127. The zero-order valence-electron chi connectivity index (χ0n) is 21.0. The summed E-state index contributed by atoms with van der Waals surface area (Å²) >= 11 is 0. The Hall–Kier alpha value is 0.540. The summed E-state index contributed by atoms with van der Waals surface area (Å²) in [5, 5.41) is 0. The second-order valence-electron chi connectivity index (χ2n) is 9.32. The molecule has 0 amide bonds. The fraction of sp³-hybridized carbons (Fsp3) is 1.00. The average Bonchev–Trinajstić information content (AvgIpc) is 2.73. The fourth-order valence-electron chi connectivity index (χ4n) is 4.44. The van der Waals surface area contributed by atoms with E-state index < -0.39 is 14.7 Å². The SMILES string of the molecule is CCCCCCCCOP(=O)(O)OP(CCCC)(CCCC)(CCCC)CCCC. The van der Waals surface area contributed by atoms with Gasteiger partial charge >= 0.3 is 189 Å². The molecular weight excluding hydrogens is 414 g/mol. The Morgan fingerprint density at radius 2 is 0.967 bits per heavy atom. The van der Waals surface area contributed by atoms with Gasteiger partial charge in [0.1, 0.15) is 0 Å². The van der Waals surface area contributed by atoms with E-state index in [4.69, 9.17) is 8.83 Å². The predicted molar refractivity (Wildman–Crippen MR) is 136 cm³/mol. The Kier molecular flexibility index (Phi) is 17.4. The minimum absolute atomic E-state index is 0.329. The summed E-state index contributed by atoms with van der Waals surface area (Å²) in [4.78, 5) is 10.8. The second kappa shape index (κ2) is 17.1. The van der Waals surface area contributed by atoms with Gasteiger partial charge < -0.3 is 0 Å². The third kappa shape index (κ3) is 12.5. The molecule has 30 heavy (non-hydrogen) atoms. The normalized spacial score (nSPS) is 15.6. The van der Waals surface area contributed by atoms with E-state index in [2.05, 4.69) is 34.6 Å². The van der Waals surface area contributed by atoms with Crippen molar-refractivity contribution >= 4 is 14.7 Å². The molecule has 0 heterocycles. The molecule has 0 aliphatic carbocycles. The Labute approximate surface area is 188 Å². The van der Waals surface area contributed by atoms with Gasteiger partial charge in [0, 0.05) is 0 Å². The number of hydrogen-bond acceptors (Lipinski definition) is 3. The third-order valence-corrected chi connectivity index (χ3v) is 15.4. The van der Waals surface area contributed by atoms with Crippen LogP contribution in [0.15, 0.2) is 0 Å². The molecule has 0 saturated heterocycles. The molecule has 0 fully saturated rings. The van der Waals surface area contributed by atoms with Crippen LogP contribution in [0.25, 0.3) is 0 Å². The number of phosphoric acid groups is 1.